The van der Waals surface area contributed by atoms with Crippen molar-refractivity contribution in [3.05, 3.63) is 0 Å². The molecule has 1 aliphatic heterocycles. The zero-order valence-electron chi connectivity index (χ0n) is 11.0. The van der Waals surface area contributed by atoms with Crippen LogP contribution in [0, 0.1) is 5.92 Å². The van der Waals surface area contributed by atoms with E-state index in [1.54, 1.807) is 6.92 Å². The van der Waals surface area contributed by atoms with Crippen molar-refractivity contribution in [1.82, 2.24) is 10.2 Å². The normalized spacial score (nSPS) is 20.4. The number of hydrogen-bond acceptors (Lipinski definition) is 3. The molecule has 2 unspecified atom stereocenters. The first-order valence-electron chi connectivity index (χ1n) is 6.37. The average molecular weight is 258 g/mol. The third-order valence-electron chi connectivity index (χ3n) is 3.31. The third-order valence-corrected chi connectivity index (χ3v) is 3.31. The van der Waals surface area contributed by atoms with Crippen LogP contribution >= 0.6 is 0 Å². The number of nitrogens with zero attached hydrogens (tertiary/aromatic N) is 1. The standard InChI is InChI=1S/C12H22N2O4/c1-3-10(11(15)16)14(2)12(17)13-6-4-9-5-7-18-8-9/h9-10H,3-8H2,1-2H3,(H,13,17)(H,15,16). The summed E-state index contributed by atoms with van der Waals surface area (Å²) >= 11 is 0. The molecule has 18 heavy (non-hydrogen) atoms. The first-order valence-corrected chi connectivity index (χ1v) is 6.37. The van der Waals surface area contributed by atoms with Crippen molar-refractivity contribution in [2.45, 2.75) is 32.2 Å². The van der Waals surface area contributed by atoms with E-state index in [-0.39, 0.29) is 6.03 Å². The highest BCUT2D eigenvalue weighted by Gasteiger charge is 2.24. The van der Waals surface area contributed by atoms with Gasteiger partial charge >= 0.3 is 12.0 Å². The van der Waals surface area contributed by atoms with E-state index < -0.39 is 12.0 Å². The molecule has 2 atom stereocenters. The van der Waals surface area contributed by atoms with Crippen LogP contribution in [0.15, 0.2) is 0 Å². The Morgan fingerprint density at radius 2 is 2.28 bits per heavy atom. The Bertz CT molecular complexity index is 290. The second-order valence-corrected chi connectivity index (χ2v) is 4.62. The minimum Gasteiger partial charge on any atom is -0.480 e. The summed E-state index contributed by atoms with van der Waals surface area (Å²) in [5.74, 6) is -0.462. The van der Waals surface area contributed by atoms with Gasteiger partial charge in [-0.05, 0) is 25.2 Å². The fraction of sp³-hybridized carbons (Fsp3) is 0.833. The van der Waals surface area contributed by atoms with Crippen LogP contribution in [0.25, 0.3) is 0 Å². The van der Waals surface area contributed by atoms with Crippen LogP contribution in [0.3, 0.4) is 0 Å². The lowest BCUT2D eigenvalue weighted by Crippen LogP contribution is -2.47. The molecule has 0 radical (unpaired) electrons. The van der Waals surface area contributed by atoms with E-state index in [0.717, 1.165) is 26.1 Å². The van der Waals surface area contributed by atoms with E-state index >= 15 is 0 Å². The van der Waals surface area contributed by atoms with Gasteiger partial charge in [0.15, 0.2) is 0 Å². The fourth-order valence-corrected chi connectivity index (χ4v) is 2.07. The number of carbonyl (C=O) groups is 2. The predicted molar refractivity (Wildman–Crippen MR) is 66.4 cm³/mol. The van der Waals surface area contributed by atoms with Gasteiger partial charge in [-0.15, -0.1) is 0 Å². The minimum absolute atomic E-state index is 0.330. The molecule has 0 saturated carbocycles. The number of nitrogens with one attached hydrogen (secondary N) is 1. The van der Waals surface area contributed by atoms with Crippen molar-refractivity contribution in [1.29, 1.82) is 0 Å². The van der Waals surface area contributed by atoms with Crippen LogP contribution in [0.1, 0.15) is 26.2 Å². The Hall–Kier alpha value is -1.30. The van der Waals surface area contributed by atoms with Gasteiger partial charge in [0.05, 0.1) is 0 Å². The zero-order chi connectivity index (χ0) is 13.5. The van der Waals surface area contributed by atoms with Gasteiger partial charge in [0, 0.05) is 26.8 Å². The molecule has 0 spiro atoms. The maximum atomic E-state index is 11.7. The maximum absolute atomic E-state index is 11.7. The molecule has 2 N–H and O–H groups in total. The smallest absolute Gasteiger partial charge is 0.326 e. The summed E-state index contributed by atoms with van der Waals surface area (Å²) in [6, 6.07) is -1.09. The van der Waals surface area contributed by atoms with Crippen LogP contribution < -0.4 is 5.32 Å². The number of carbonyl (C=O) groups excluding carboxylic acids is 1. The molecular formula is C12H22N2O4. The molecule has 6 heteroatoms. The number of carboxylic acid groups (broad SMARTS) is 1. The molecule has 1 heterocycles. The number of hydrogen-bond donors (Lipinski definition) is 2. The molecule has 6 nitrogen and oxygen atoms in total. The quantitative estimate of drug-likeness (QED) is 0.742. The van der Waals surface area contributed by atoms with Gasteiger partial charge in [0.2, 0.25) is 0 Å². The minimum atomic E-state index is -0.973. The van der Waals surface area contributed by atoms with Gasteiger partial charge in [0.1, 0.15) is 6.04 Å². The highest BCUT2D eigenvalue weighted by molar-refractivity contribution is 5.82. The Kier molecular flexibility index (Phi) is 5.91. The van der Waals surface area contributed by atoms with Crippen molar-refractivity contribution < 1.29 is 19.4 Å². The molecule has 1 aliphatic rings. The summed E-state index contributed by atoms with van der Waals surface area (Å²) in [5, 5.41) is 11.7. The molecule has 0 aromatic heterocycles. The van der Waals surface area contributed by atoms with Crippen LogP contribution in [-0.2, 0) is 9.53 Å². The Morgan fingerprint density at radius 3 is 2.78 bits per heavy atom. The average Bonchev–Trinajstić information content (AvgIpc) is 2.82. The number of amides is 2. The largest absolute Gasteiger partial charge is 0.480 e. The second-order valence-electron chi connectivity index (χ2n) is 4.62. The van der Waals surface area contributed by atoms with E-state index in [1.807, 2.05) is 0 Å². The van der Waals surface area contributed by atoms with E-state index in [0.29, 0.717) is 18.9 Å². The van der Waals surface area contributed by atoms with Gasteiger partial charge in [0.25, 0.3) is 0 Å². The van der Waals surface area contributed by atoms with Crippen molar-refractivity contribution in [3.8, 4) is 0 Å². The molecule has 104 valence electrons. The van der Waals surface area contributed by atoms with Gasteiger partial charge < -0.3 is 20.1 Å². The number of ether oxygens (including phenoxy) is 1. The highest BCUT2D eigenvalue weighted by atomic mass is 16.5. The summed E-state index contributed by atoms with van der Waals surface area (Å²) in [6.45, 7) is 3.87. The second kappa shape index (κ2) is 7.20. The Morgan fingerprint density at radius 1 is 1.56 bits per heavy atom. The lowest BCUT2D eigenvalue weighted by atomic mass is 10.1. The molecule has 1 rings (SSSR count). The molecular weight excluding hydrogens is 236 g/mol. The van der Waals surface area contributed by atoms with Crippen molar-refractivity contribution >= 4 is 12.0 Å². The maximum Gasteiger partial charge on any atom is 0.326 e. The van der Waals surface area contributed by atoms with E-state index in [1.165, 1.54) is 11.9 Å². The summed E-state index contributed by atoms with van der Waals surface area (Å²) in [6.07, 6.45) is 2.32. The third kappa shape index (κ3) is 4.18. The van der Waals surface area contributed by atoms with Crippen molar-refractivity contribution in [2.75, 3.05) is 26.8 Å². The van der Waals surface area contributed by atoms with E-state index in [4.69, 9.17) is 9.84 Å². The topological polar surface area (TPSA) is 78.9 Å². The van der Waals surface area contributed by atoms with Crippen LogP contribution in [0.2, 0.25) is 0 Å². The van der Waals surface area contributed by atoms with Gasteiger partial charge in [-0.1, -0.05) is 6.92 Å². The zero-order valence-corrected chi connectivity index (χ0v) is 11.0. The fourth-order valence-electron chi connectivity index (χ4n) is 2.07. The van der Waals surface area contributed by atoms with Crippen LogP contribution in [-0.4, -0.2) is 54.9 Å². The molecule has 0 aromatic rings. The molecule has 0 aromatic carbocycles. The van der Waals surface area contributed by atoms with Crippen molar-refractivity contribution in [3.63, 3.8) is 0 Å². The molecule has 1 saturated heterocycles. The SMILES string of the molecule is CCC(C(=O)O)N(C)C(=O)NCCC1CCOC1. The first-order chi connectivity index (χ1) is 8.56. The van der Waals surface area contributed by atoms with Gasteiger partial charge in [-0.3, -0.25) is 0 Å². The Balaban J connectivity index is 2.28. The number of aliphatic carboxylic acids is 1. The van der Waals surface area contributed by atoms with E-state index in [2.05, 4.69) is 5.32 Å². The summed E-state index contributed by atoms with van der Waals surface area (Å²) < 4.78 is 5.25. The van der Waals surface area contributed by atoms with Crippen molar-refractivity contribution in [2.24, 2.45) is 5.92 Å². The lowest BCUT2D eigenvalue weighted by molar-refractivity contribution is -0.141. The number of urea groups is 1. The van der Waals surface area contributed by atoms with Crippen LogP contribution in [0.5, 0.6) is 0 Å². The van der Waals surface area contributed by atoms with E-state index in [9.17, 15) is 9.59 Å². The molecule has 2 amide bonds. The summed E-state index contributed by atoms with van der Waals surface area (Å²) in [5.41, 5.74) is 0. The summed E-state index contributed by atoms with van der Waals surface area (Å²) in [4.78, 5) is 23.9. The molecule has 1 fully saturated rings. The number of likely N-dealkylation sites (N-methyl/N-ethyl adjacent to an activating group) is 1. The predicted octanol–water partition coefficient (Wildman–Crippen LogP) is 0.918. The Labute approximate surface area is 107 Å². The highest BCUT2D eigenvalue weighted by Crippen LogP contribution is 2.15. The lowest BCUT2D eigenvalue weighted by Gasteiger charge is -2.24. The number of carboxylic acids is 1. The van der Waals surface area contributed by atoms with Crippen LogP contribution in [0.4, 0.5) is 4.79 Å². The number of rotatable bonds is 6. The van der Waals surface area contributed by atoms with Gasteiger partial charge in [-0.25, -0.2) is 9.59 Å². The first kappa shape index (κ1) is 14.8. The summed E-state index contributed by atoms with van der Waals surface area (Å²) in [7, 11) is 1.51. The molecule has 0 aliphatic carbocycles. The van der Waals surface area contributed by atoms with Gasteiger partial charge in [-0.2, -0.15) is 0 Å². The molecule has 0 bridgehead atoms. The monoisotopic (exact) mass is 258 g/mol.